The van der Waals surface area contributed by atoms with E-state index in [2.05, 4.69) is 0 Å². The topological polar surface area (TPSA) is 81.7 Å². The molecule has 0 spiro atoms. The Labute approximate surface area is 190 Å². The molecular formula is C20H15Cl2N2O4S2+. The number of halogens is 2. The minimum absolute atomic E-state index is 0.0407. The van der Waals surface area contributed by atoms with E-state index in [0.717, 1.165) is 30.8 Å². The largest absolute Gasteiger partial charge is 0.481 e. The second-order valence-electron chi connectivity index (χ2n) is 6.52. The predicted molar refractivity (Wildman–Crippen MR) is 120 cm³/mol. The van der Waals surface area contributed by atoms with Crippen LogP contribution in [-0.2, 0) is 16.1 Å². The van der Waals surface area contributed by atoms with Crippen molar-refractivity contribution in [2.24, 2.45) is 0 Å². The second-order valence-corrected chi connectivity index (χ2v) is 9.52. The fourth-order valence-electron chi connectivity index (χ4n) is 3.21. The number of thiazole rings is 1. The maximum atomic E-state index is 11.5. The number of aromatic nitrogens is 1. The van der Waals surface area contributed by atoms with Gasteiger partial charge in [0.1, 0.15) is 4.70 Å². The van der Waals surface area contributed by atoms with Crippen molar-refractivity contribution < 1.29 is 24.4 Å². The lowest BCUT2D eigenvalue weighted by atomic mass is 10.2. The van der Waals surface area contributed by atoms with E-state index in [1.807, 2.05) is 29.2 Å². The van der Waals surface area contributed by atoms with E-state index in [-0.39, 0.29) is 19.5 Å². The molecule has 1 aromatic heterocycles. The molecule has 10 heteroatoms. The maximum absolute atomic E-state index is 11.5. The highest BCUT2D eigenvalue weighted by Gasteiger charge is 2.29. The Hall–Kier alpha value is -2.26. The normalized spacial score (nSPS) is 14.5. The molecule has 0 unspecified atom stereocenters. The smallest absolute Gasteiger partial charge is 0.370 e. The van der Waals surface area contributed by atoms with Crippen molar-refractivity contribution in [2.45, 2.75) is 17.9 Å². The van der Waals surface area contributed by atoms with Crippen molar-refractivity contribution in [1.29, 1.82) is 0 Å². The second kappa shape index (κ2) is 8.47. The van der Waals surface area contributed by atoms with Crippen molar-refractivity contribution in [1.82, 2.24) is 0 Å². The lowest BCUT2D eigenvalue weighted by molar-refractivity contribution is -0.657. The van der Waals surface area contributed by atoms with E-state index in [1.54, 1.807) is 22.8 Å². The van der Waals surface area contributed by atoms with Crippen LogP contribution in [0.15, 0.2) is 46.3 Å². The Morgan fingerprint density at radius 2 is 1.80 bits per heavy atom. The fraction of sp³-hybridized carbons (Fsp3) is 0.150. The van der Waals surface area contributed by atoms with Gasteiger partial charge in [-0.3, -0.25) is 4.79 Å². The maximum Gasteiger partial charge on any atom is 0.370 e. The summed E-state index contributed by atoms with van der Waals surface area (Å²) in [5.41, 5.74) is 1.58. The van der Waals surface area contributed by atoms with Gasteiger partial charge in [-0.2, -0.15) is 4.57 Å². The molecular weight excluding hydrogens is 467 g/mol. The van der Waals surface area contributed by atoms with Crippen LogP contribution in [0.1, 0.15) is 11.4 Å². The van der Waals surface area contributed by atoms with Gasteiger partial charge in [0.25, 0.3) is 5.01 Å². The number of benzene rings is 2. The highest BCUT2D eigenvalue weighted by atomic mass is 35.5. The molecule has 0 fully saturated rings. The summed E-state index contributed by atoms with van der Waals surface area (Å²) in [7, 11) is 0. The fourth-order valence-corrected chi connectivity index (χ4v) is 5.80. The molecule has 1 aliphatic heterocycles. The van der Waals surface area contributed by atoms with Crippen LogP contribution in [0.3, 0.4) is 0 Å². The first-order valence-corrected chi connectivity index (χ1v) is 11.2. The highest BCUT2D eigenvalue weighted by Crippen LogP contribution is 2.47. The van der Waals surface area contributed by atoms with Crippen LogP contribution < -0.4 is 9.47 Å². The van der Waals surface area contributed by atoms with E-state index >= 15 is 0 Å². The van der Waals surface area contributed by atoms with Gasteiger partial charge in [-0.25, -0.2) is 4.79 Å². The Balaban J connectivity index is 1.82. The molecule has 0 aliphatic carbocycles. The zero-order chi connectivity index (χ0) is 21.4. The number of carbonyl (C=O) groups is 2. The van der Waals surface area contributed by atoms with Crippen LogP contribution in [0.2, 0.25) is 10.0 Å². The van der Waals surface area contributed by atoms with Gasteiger partial charge in [0, 0.05) is 27.6 Å². The Bertz CT molecular complexity index is 1210. The van der Waals surface area contributed by atoms with E-state index in [9.17, 15) is 14.7 Å². The lowest BCUT2D eigenvalue weighted by Crippen LogP contribution is -2.39. The molecule has 0 saturated heterocycles. The number of thioether (sulfide) groups is 1. The summed E-state index contributed by atoms with van der Waals surface area (Å²) in [6.45, 7) is 0.0647. The first kappa shape index (κ1) is 21.0. The number of carboxylic acid groups (broad SMARTS) is 2. The van der Waals surface area contributed by atoms with E-state index in [4.69, 9.17) is 28.3 Å². The van der Waals surface area contributed by atoms with Crippen LogP contribution in [0.25, 0.3) is 16.3 Å². The van der Waals surface area contributed by atoms with Crippen molar-refractivity contribution in [3.8, 4) is 0 Å². The zero-order valence-electron chi connectivity index (χ0n) is 15.3. The van der Waals surface area contributed by atoms with Gasteiger partial charge in [-0.1, -0.05) is 46.3 Å². The minimum Gasteiger partial charge on any atom is -0.481 e. The van der Waals surface area contributed by atoms with Crippen LogP contribution >= 0.6 is 46.3 Å². The zero-order valence-corrected chi connectivity index (χ0v) is 18.5. The summed E-state index contributed by atoms with van der Waals surface area (Å²) in [5.74, 6) is -1.86. The minimum atomic E-state index is -0.962. The molecule has 4 rings (SSSR count). The van der Waals surface area contributed by atoms with Crippen molar-refractivity contribution >= 4 is 80.2 Å². The SMILES string of the molecule is O=C(O)CCN1C(=Cc2sc3ccc(Cl)cc3[n+]2CC(=O)O)Sc2ccc(Cl)cc21. The number of anilines is 1. The summed E-state index contributed by atoms with van der Waals surface area (Å²) < 4.78 is 2.61. The highest BCUT2D eigenvalue weighted by molar-refractivity contribution is 8.03. The van der Waals surface area contributed by atoms with Gasteiger partial charge in [0.05, 0.1) is 23.2 Å². The van der Waals surface area contributed by atoms with E-state index < -0.39 is 11.9 Å². The Morgan fingerprint density at radius 3 is 2.53 bits per heavy atom. The number of hydrogen-bond donors (Lipinski definition) is 2. The number of aliphatic carboxylic acids is 2. The Kier molecular flexibility index (Phi) is 5.92. The lowest BCUT2D eigenvalue weighted by Gasteiger charge is -2.19. The van der Waals surface area contributed by atoms with Crippen LogP contribution in [0, 0.1) is 0 Å². The third-order valence-corrected chi connectivity index (χ3v) is 7.17. The average Bonchev–Trinajstić information content (AvgIpc) is 3.17. The van der Waals surface area contributed by atoms with Crippen LogP contribution in [-0.4, -0.2) is 28.7 Å². The van der Waals surface area contributed by atoms with E-state index in [0.29, 0.717) is 10.0 Å². The van der Waals surface area contributed by atoms with Gasteiger partial charge in [0.2, 0.25) is 12.1 Å². The number of fused-ring (bicyclic) bond motifs is 2. The molecule has 1 aliphatic rings. The molecule has 30 heavy (non-hydrogen) atoms. The molecule has 2 aromatic carbocycles. The number of hydrogen-bond acceptors (Lipinski definition) is 5. The van der Waals surface area contributed by atoms with Crippen LogP contribution in [0.5, 0.6) is 0 Å². The predicted octanol–water partition coefficient (Wildman–Crippen LogP) is 4.97. The molecule has 0 amide bonds. The van der Waals surface area contributed by atoms with Crippen molar-refractivity contribution in [2.75, 3.05) is 11.4 Å². The van der Waals surface area contributed by atoms with Crippen molar-refractivity contribution in [3.05, 3.63) is 56.5 Å². The molecule has 0 saturated carbocycles. The summed E-state index contributed by atoms with van der Waals surface area (Å²) in [6.07, 6.45) is 1.85. The molecule has 154 valence electrons. The molecule has 0 radical (unpaired) electrons. The summed E-state index contributed by atoms with van der Waals surface area (Å²) in [5, 5.41) is 21.2. The standard InChI is InChI=1S/C20H14Cl2N2O4S2/c21-11-1-3-15-13(7-11)23(6-5-19(25)26)17(29-15)9-18-24(10-20(27)28)14-8-12(22)2-4-16(14)30-18/h1-4,7-9H,5-6,10H2,(H-,25,26,27,28)/p+1. The number of rotatable bonds is 6. The molecule has 2 heterocycles. The third kappa shape index (κ3) is 4.27. The van der Waals surface area contributed by atoms with Gasteiger partial charge in [-0.15, -0.1) is 0 Å². The first-order chi connectivity index (χ1) is 14.3. The quantitative estimate of drug-likeness (QED) is 0.483. The number of nitrogens with zero attached hydrogens (tertiary/aromatic N) is 2. The molecule has 6 nitrogen and oxygen atoms in total. The summed E-state index contributed by atoms with van der Waals surface area (Å²) in [4.78, 5) is 25.5. The van der Waals surface area contributed by atoms with Gasteiger partial charge in [0.15, 0.2) is 0 Å². The van der Waals surface area contributed by atoms with Gasteiger partial charge < -0.3 is 15.1 Å². The molecule has 0 bridgehead atoms. The third-order valence-electron chi connectivity index (χ3n) is 4.47. The van der Waals surface area contributed by atoms with Gasteiger partial charge >= 0.3 is 11.9 Å². The molecule has 2 N–H and O–H groups in total. The molecule has 0 atom stereocenters. The van der Waals surface area contributed by atoms with Crippen molar-refractivity contribution in [3.63, 3.8) is 0 Å². The summed E-state index contributed by atoms with van der Waals surface area (Å²) in [6, 6.07) is 10.9. The Morgan fingerprint density at radius 1 is 1.07 bits per heavy atom. The van der Waals surface area contributed by atoms with Gasteiger partial charge in [-0.05, 0) is 30.3 Å². The first-order valence-electron chi connectivity index (χ1n) is 8.84. The average molecular weight is 482 g/mol. The monoisotopic (exact) mass is 481 g/mol. The molecule has 3 aromatic rings. The van der Waals surface area contributed by atoms with E-state index in [1.165, 1.54) is 23.1 Å². The van der Waals surface area contributed by atoms with Crippen LogP contribution in [0.4, 0.5) is 5.69 Å². The summed E-state index contributed by atoms with van der Waals surface area (Å²) >= 11 is 15.2. The number of carboxylic acids is 2.